The average molecular weight is 234 g/mol. The van der Waals surface area contributed by atoms with Gasteiger partial charge in [0, 0.05) is 5.25 Å². The largest absolute Gasteiger partial charge is 0.159 e. The SMILES string of the molecule is c1ccc(CCCCCC2CCCS2)cc1. The number of benzene rings is 1. The summed E-state index contributed by atoms with van der Waals surface area (Å²) in [4.78, 5) is 0. The highest BCUT2D eigenvalue weighted by molar-refractivity contribution is 8.00. The lowest BCUT2D eigenvalue weighted by Gasteiger charge is -2.07. The molecule has 16 heavy (non-hydrogen) atoms. The van der Waals surface area contributed by atoms with E-state index in [1.807, 2.05) is 0 Å². The molecule has 0 amide bonds. The van der Waals surface area contributed by atoms with Crippen LogP contribution in [0.4, 0.5) is 0 Å². The molecule has 0 spiro atoms. The lowest BCUT2D eigenvalue weighted by molar-refractivity contribution is 0.612. The summed E-state index contributed by atoms with van der Waals surface area (Å²) in [6.07, 6.45) is 9.86. The maximum atomic E-state index is 2.24. The first-order valence-electron chi connectivity index (χ1n) is 6.61. The number of rotatable bonds is 6. The van der Waals surface area contributed by atoms with Gasteiger partial charge >= 0.3 is 0 Å². The van der Waals surface area contributed by atoms with Crippen molar-refractivity contribution in [1.82, 2.24) is 0 Å². The molecular formula is C15H22S. The Kier molecular flexibility index (Phi) is 5.27. The Balaban J connectivity index is 1.52. The van der Waals surface area contributed by atoms with Crippen LogP contribution >= 0.6 is 11.8 Å². The Morgan fingerprint density at radius 2 is 1.94 bits per heavy atom. The van der Waals surface area contributed by atoms with E-state index in [9.17, 15) is 0 Å². The Labute approximate surface area is 104 Å². The predicted octanol–water partition coefficient (Wildman–Crippen LogP) is 4.69. The van der Waals surface area contributed by atoms with Crippen LogP contribution in [0.3, 0.4) is 0 Å². The van der Waals surface area contributed by atoms with Crippen LogP contribution in [0.2, 0.25) is 0 Å². The van der Waals surface area contributed by atoms with Crippen molar-refractivity contribution >= 4 is 11.8 Å². The zero-order valence-corrected chi connectivity index (χ0v) is 10.8. The van der Waals surface area contributed by atoms with Gasteiger partial charge in [0.1, 0.15) is 0 Å². The van der Waals surface area contributed by atoms with E-state index in [1.54, 1.807) is 0 Å². The molecule has 1 unspecified atom stereocenters. The van der Waals surface area contributed by atoms with E-state index in [0.717, 1.165) is 5.25 Å². The molecule has 1 fully saturated rings. The van der Waals surface area contributed by atoms with Gasteiger partial charge in [-0.3, -0.25) is 0 Å². The molecule has 0 radical (unpaired) electrons. The van der Waals surface area contributed by atoms with E-state index >= 15 is 0 Å². The van der Waals surface area contributed by atoms with Crippen LogP contribution in [0.25, 0.3) is 0 Å². The summed E-state index contributed by atoms with van der Waals surface area (Å²) < 4.78 is 0. The molecule has 2 rings (SSSR count). The van der Waals surface area contributed by atoms with Gasteiger partial charge in [-0.15, -0.1) is 0 Å². The number of hydrogen-bond acceptors (Lipinski definition) is 1. The normalized spacial score (nSPS) is 20.1. The van der Waals surface area contributed by atoms with E-state index in [4.69, 9.17) is 0 Å². The Morgan fingerprint density at radius 1 is 1.06 bits per heavy atom. The fraction of sp³-hybridized carbons (Fsp3) is 0.600. The molecule has 1 heteroatoms. The summed E-state index contributed by atoms with van der Waals surface area (Å²) in [6, 6.07) is 10.9. The fourth-order valence-electron chi connectivity index (χ4n) is 2.39. The highest BCUT2D eigenvalue weighted by atomic mass is 32.2. The lowest BCUT2D eigenvalue weighted by Crippen LogP contribution is -1.96. The second-order valence-electron chi connectivity index (χ2n) is 4.72. The molecule has 1 saturated heterocycles. The number of aryl methyl sites for hydroxylation is 1. The molecule has 1 heterocycles. The first-order chi connectivity index (χ1) is 7.95. The van der Waals surface area contributed by atoms with Crippen LogP contribution in [0.15, 0.2) is 30.3 Å². The second kappa shape index (κ2) is 7.01. The van der Waals surface area contributed by atoms with Crippen molar-refractivity contribution in [2.75, 3.05) is 5.75 Å². The van der Waals surface area contributed by atoms with Crippen LogP contribution < -0.4 is 0 Å². The molecular weight excluding hydrogens is 212 g/mol. The minimum atomic E-state index is 0.997. The summed E-state index contributed by atoms with van der Waals surface area (Å²) in [7, 11) is 0. The van der Waals surface area contributed by atoms with Crippen molar-refractivity contribution in [3.8, 4) is 0 Å². The quantitative estimate of drug-likeness (QED) is 0.644. The molecule has 1 aliphatic rings. The van der Waals surface area contributed by atoms with Crippen molar-refractivity contribution in [2.45, 2.75) is 50.2 Å². The monoisotopic (exact) mass is 234 g/mol. The number of thioether (sulfide) groups is 1. The van der Waals surface area contributed by atoms with Crippen molar-refractivity contribution in [3.05, 3.63) is 35.9 Å². The van der Waals surface area contributed by atoms with Crippen molar-refractivity contribution in [1.29, 1.82) is 0 Å². The molecule has 1 aromatic carbocycles. The van der Waals surface area contributed by atoms with Crippen LogP contribution in [0, 0.1) is 0 Å². The van der Waals surface area contributed by atoms with Gasteiger partial charge in [-0.2, -0.15) is 11.8 Å². The molecule has 1 atom stereocenters. The first kappa shape index (κ1) is 12.0. The zero-order valence-electron chi connectivity index (χ0n) is 10.0. The lowest BCUT2D eigenvalue weighted by atomic mass is 10.0. The smallest absolute Gasteiger partial charge is 0.00473 e. The third-order valence-electron chi connectivity index (χ3n) is 3.36. The summed E-state index contributed by atoms with van der Waals surface area (Å²) in [6.45, 7) is 0. The van der Waals surface area contributed by atoms with Gasteiger partial charge < -0.3 is 0 Å². The Hall–Kier alpha value is -0.430. The third kappa shape index (κ3) is 4.21. The molecule has 88 valence electrons. The highest BCUT2D eigenvalue weighted by Crippen LogP contribution is 2.30. The molecule has 0 N–H and O–H groups in total. The van der Waals surface area contributed by atoms with E-state index in [2.05, 4.69) is 42.1 Å². The topological polar surface area (TPSA) is 0 Å². The van der Waals surface area contributed by atoms with Gasteiger partial charge in [-0.25, -0.2) is 0 Å². The zero-order chi connectivity index (χ0) is 11.1. The van der Waals surface area contributed by atoms with E-state index in [1.165, 1.54) is 56.3 Å². The number of hydrogen-bond donors (Lipinski definition) is 0. The first-order valence-corrected chi connectivity index (χ1v) is 7.65. The summed E-state index contributed by atoms with van der Waals surface area (Å²) >= 11 is 2.20. The van der Waals surface area contributed by atoms with Crippen molar-refractivity contribution < 1.29 is 0 Å². The van der Waals surface area contributed by atoms with Crippen molar-refractivity contribution in [2.24, 2.45) is 0 Å². The third-order valence-corrected chi connectivity index (χ3v) is 4.83. The van der Waals surface area contributed by atoms with Crippen molar-refractivity contribution in [3.63, 3.8) is 0 Å². The highest BCUT2D eigenvalue weighted by Gasteiger charge is 2.14. The van der Waals surface area contributed by atoms with Gasteiger partial charge in [0.15, 0.2) is 0 Å². The van der Waals surface area contributed by atoms with Crippen LogP contribution in [-0.4, -0.2) is 11.0 Å². The molecule has 0 saturated carbocycles. The van der Waals surface area contributed by atoms with Crippen LogP contribution in [-0.2, 0) is 6.42 Å². The van der Waals surface area contributed by atoms with Gasteiger partial charge in [-0.05, 0) is 43.4 Å². The average Bonchev–Trinajstić information content (AvgIpc) is 2.83. The molecule has 0 bridgehead atoms. The summed E-state index contributed by atoms with van der Waals surface area (Å²) in [5.41, 5.74) is 1.50. The Bertz CT molecular complexity index is 275. The molecule has 0 aliphatic carbocycles. The van der Waals surface area contributed by atoms with Gasteiger partial charge in [0.25, 0.3) is 0 Å². The summed E-state index contributed by atoms with van der Waals surface area (Å²) in [5.74, 6) is 1.41. The van der Waals surface area contributed by atoms with Gasteiger partial charge in [0.2, 0.25) is 0 Å². The van der Waals surface area contributed by atoms with E-state index in [0.29, 0.717) is 0 Å². The van der Waals surface area contributed by atoms with Gasteiger partial charge in [0.05, 0.1) is 0 Å². The second-order valence-corrected chi connectivity index (χ2v) is 6.13. The molecule has 1 aliphatic heterocycles. The standard InChI is InChI=1S/C15H22S/c1-3-8-14(9-4-1)10-5-2-6-11-15-12-7-13-16-15/h1,3-4,8-9,15H,2,5-7,10-13H2. The fourth-order valence-corrected chi connectivity index (χ4v) is 3.73. The van der Waals surface area contributed by atoms with E-state index < -0.39 is 0 Å². The maximum Gasteiger partial charge on any atom is 0.00473 e. The van der Waals surface area contributed by atoms with E-state index in [-0.39, 0.29) is 0 Å². The maximum absolute atomic E-state index is 2.24. The Morgan fingerprint density at radius 3 is 2.69 bits per heavy atom. The summed E-state index contributed by atoms with van der Waals surface area (Å²) in [5, 5.41) is 0.997. The van der Waals surface area contributed by atoms with Crippen LogP contribution in [0.1, 0.15) is 44.1 Å². The molecule has 0 nitrogen and oxygen atoms in total. The minimum absolute atomic E-state index is 0.997. The van der Waals surface area contributed by atoms with Crippen LogP contribution in [0.5, 0.6) is 0 Å². The predicted molar refractivity (Wildman–Crippen MR) is 74.1 cm³/mol. The molecule has 1 aromatic rings. The number of unbranched alkanes of at least 4 members (excludes halogenated alkanes) is 2. The minimum Gasteiger partial charge on any atom is -0.159 e. The van der Waals surface area contributed by atoms with Gasteiger partial charge in [-0.1, -0.05) is 43.2 Å². The molecule has 0 aromatic heterocycles.